The van der Waals surface area contributed by atoms with Gasteiger partial charge in [0.25, 0.3) is 0 Å². The van der Waals surface area contributed by atoms with E-state index < -0.39 is 28.6 Å². The third kappa shape index (κ3) is 4.78. The summed E-state index contributed by atoms with van der Waals surface area (Å²) in [5.74, 6) is -0.912. The van der Waals surface area contributed by atoms with Gasteiger partial charge in [-0.25, -0.2) is 9.59 Å². The highest BCUT2D eigenvalue weighted by molar-refractivity contribution is 6.72. The highest BCUT2D eigenvalue weighted by Gasteiger charge is 2.28. The van der Waals surface area contributed by atoms with E-state index >= 15 is 0 Å². The summed E-state index contributed by atoms with van der Waals surface area (Å²) in [6.45, 7) is 11.6. The van der Waals surface area contributed by atoms with Gasteiger partial charge in [0.15, 0.2) is 0 Å². The maximum absolute atomic E-state index is 12.6. The topological polar surface area (TPSA) is 52.6 Å². The summed E-state index contributed by atoms with van der Waals surface area (Å²) in [5.41, 5.74) is 0.554. The van der Waals surface area contributed by atoms with Gasteiger partial charge in [-0.3, -0.25) is 0 Å². The second kappa shape index (κ2) is 6.53. The Kier molecular flexibility index (Phi) is 5.01. The second-order valence-corrected chi connectivity index (χ2v) is 16.6. The molecule has 0 radical (unpaired) electrons. The summed E-state index contributed by atoms with van der Waals surface area (Å²) < 4.78 is 11.2. The average molecular weight is 361 g/mol. The number of hydrogen-bond donors (Lipinski definition) is 0. The number of fused-ring (bicyclic) bond motifs is 1. The zero-order valence-electron chi connectivity index (χ0n) is 15.1. The van der Waals surface area contributed by atoms with E-state index in [1.54, 1.807) is 12.1 Å². The molecule has 2 aromatic carbocycles. The van der Waals surface area contributed by atoms with Crippen LogP contribution in [0.4, 0.5) is 0 Å². The Morgan fingerprint density at radius 3 is 1.33 bits per heavy atom. The zero-order valence-corrected chi connectivity index (χ0v) is 17.1. The Morgan fingerprint density at radius 2 is 1.04 bits per heavy atom. The third-order valence-corrected chi connectivity index (χ3v) is 4.72. The average Bonchev–Trinajstić information content (AvgIpc) is 2.42. The van der Waals surface area contributed by atoms with Crippen LogP contribution < -0.4 is 0 Å². The molecule has 4 nitrogen and oxygen atoms in total. The summed E-state index contributed by atoms with van der Waals surface area (Å²) in [5, 5.41) is 1.79. The van der Waals surface area contributed by atoms with Crippen molar-refractivity contribution in [3.8, 4) is 0 Å². The fourth-order valence-corrected chi connectivity index (χ4v) is 3.58. The normalized spacial score (nSPS) is 12.1. The minimum absolute atomic E-state index is 0.277. The molecule has 2 rings (SSSR count). The van der Waals surface area contributed by atoms with Crippen LogP contribution in [-0.2, 0) is 8.85 Å². The first-order valence-electron chi connectivity index (χ1n) is 7.96. The molecule has 0 atom stereocenters. The summed E-state index contributed by atoms with van der Waals surface area (Å²) in [6.07, 6.45) is 0. The van der Waals surface area contributed by atoms with E-state index in [1.165, 1.54) is 0 Å². The lowest BCUT2D eigenvalue weighted by Crippen LogP contribution is -2.32. The Hall–Kier alpha value is -1.93. The number of rotatable bonds is 4. The van der Waals surface area contributed by atoms with Crippen molar-refractivity contribution in [3.05, 3.63) is 47.5 Å². The summed E-state index contributed by atoms with van der Waals surface area (Å²) in [6, 6.07) is 11.1. The van der Waals surface area contributed by atoms with Gasteiger partial charge in [0.1, 0.15) is 0 Å². The Morgan fingerprint density at radius 1 is 0.708 bits per heavy atom. The first kappa shape index (κ1) is 18.4. The van der Waals surface area contributed by atoms with Crippen LogP contribution in [0.15, 0.2) is 36.4 Å². The van der Waals surface area contributed by atoms with Crippen molar-refractivity contribution in [2.75, 3.05) is 0 Å². The van der Waals surface area contributed by atoms with Gasteiger partial charge < -0.3 is 8.85 Å². The molecule has 128 valence electrons. The second-order valence-electron chi connectivity index (χ2n) is 7.75. The predicted octanol–water partition coefficient (Wildman–Crippen LogP) is 4.82. The SMILES string of the molecule is C[Si](C)(C)OC(=O)c1cc2ccccc2cc1C(=O)O[Si](C)(C)C. The Balaban J connectivity index is 2.55. The number of hydrogen-bond acceptors (Lipinski definition) is 4. The van der Waals surface area contributed by atoms with E-state index in [2.05, 4.69) is 0 Å². The third-order valence-electron chi connectivity index (χ3n) is 3.12. The van der Waals surface area contributed by atoms with Crippen molar-refractivity contribution in [2.24, 2.45) is 0 Å². The highest BCUT2D eigenvalue weighted by Crippen LogP contribution is 2.24. The van der Waals surface area contributed by atoms with Crippen LogP contribution in [-0.4, -0.2) is 28.6 Å². The van der Waals surface area contributed by atoms with Crippen molar-refractivity contribution in [1.82, 2.24) is 0 Å². The highest BCUT2D eigenvalue weighted by atomic mass is 28.4. The standard InChI is InChI=1S/C18H24O4Si2/c1-23(2,3)21-17(19)15-11-13-9-7-8-10-14(13)12-16(15)18(20)22-24(4,5)6/h7-12H,1-6H3. The van der Waals surface area contributed by atoms with Crippen LogP contribution in [0.5, 0.6) is 0 Å². The van der Waals surface area contributed by atoms with Crippen molar-refractivity contribution in [2.45, 2.75) is 39.3 Å². The van der Waals surface area contributed by atoms with E-state index in [0.29, 0.717) is 0 Å². The molecule has 0 spiro atoms. The monoisotopic (exact) mass is 360 g/mol. The number of carbonyl (C=O) groups excluding carboxylic acids is 2. The van der Waals surface area contributed by atoms with Crippen LogP contribution in [0.1, 0.15) is 20.7 Å². The lowest BCUT2D eigenvalue weighted by atomic mass is 10.0. The first-order chi connectivity index (χ1) is 11.0. The summed E-state index contributed by atoms with van der Waals surface area (Å²) >= 11 is 0. The van der Waals surface area contributed by atoms with E-state index in [4.69, 9.17) is 8.85 Å². The van der Waals surface area contributed by atoms with Gasteiger partial charge in [-0.2, -0.15) is 0 Å². The fourth-order valence-electron chi connectivity index (χ4n) is 2.24. The molecule has 0 heterocycles. The van der Waals surface area contributed by atoms with Gasteiger partial charge in [-0.15, -0.1) is 0 Å². The van der Waals surface area contributed by atoms with Gasteiger partial charge in [0.2, 0.25) is 16.6 Å². The maximum atomic E-state index is 12.6. The van der Waals surface area contributed by atoms with Crippen LogP contribution in [0.2, 0.25) is 39.3 Å². The van der Waals surface area contributed by atoms with E-state index in [9.17, 15) is 9.59 Å². The van der Waals surface area contributed by atoms with E-state index in [0.717, 1.165) is 10.8 Å². The van der Waals surface area contributed by atoms with Crippen molar-refractivity contribution in [3.63, 3.8) is 0 Å². The zero-order chi connectivity index (χ0) is 18.1. The lowest BCUT2D eigenvalue weighted by molar-refractivity contribution is 0.0680. The van der Waals surface area contributed by atoms with Crippen molar-refractivity contribution in [1.29, 1.82) is 0 Å². The molecule has 0 aliphatic carbocycles. The molecule has 0 N–H and O–H groups in total. The fraction of sp³-hybridized carbons (Fsp3) is 0.333. The molecule has 0 fully saturated rings. The van der Waals surface area contributed by atoms with Crippen LogP contribution in [0.3, 0.4) is 0 Å². The van der Waals surface area contributed by atoms with Gasteiger partial charge in [-0.1, -0.05) is 24.3 Å². The Labute approximate surface area is 145 Å². The van der Waals surface area contributed by atoms with Crippen LogP contribution in [0, 0.1) is 0 Å². The molecular formula is C18H24O4Si2. The molecule has 0 bridgehead atoms. The van der Waals surface area contributed by atoms with Gasteiger partial charge in [-0.05, 0) is 62.2 Å². The van der Waals surface area contributed by atoms with Crippen LogP contribution in [0.25, 0.3) is 10.8 Å². The minimum atomic E-state index is -2.07. The molecule has 0 aliphatic heterocycles. The minimum Gasteiger partial charge on any atom is -0.516 e. The molecule has 0 aromatic heterocycles. The molecule has 24 heavy (non-hydrogen) atoms. The molecule has 0 aliphatic rings. The van der Waals surface area contributed by atoms with Crippen molar-refractivity contribution < 1.29 is 18.4 Å². The lowest BCUT2D eigenvalue weighted by Gasteiger charge is -2.21. The van der Waals surface area contributed by atoms with Gasteiger partial charge in [0.05, 0.1) is 11.1 Å². The summed E-state index contributed by atoms with van der Waals surface area (Å²) in [7, 11) is -4.14. The molecule has 0 saturated carbocycles. The van der Waals surface area contributed by atoms with E-state index in [-0.39, 0.29) is 11.1 Å². The maximum Gasteiger partial charge on any atom is 0.325 e. The van der Waals surface area contributed by atoms with Gasteiger partial charge >= 0.3 is 11.9 Å². The Bertz CT molecular complexity index is 719. The molecule has 6 heteroatoms. The molecular weight excluding hydrogens is 336 g/mol. The summed E-state index contributed by atoms with van der Waals surface area (Å²) in [4.78, 5) is 25.2. The quantitative estimate of drug-likeness (QED) is 0.733. The first-order valence-corrected chi connectivity index (χ1v) is 14.8. The molecule has 2 aromatic rings. The largest absolute Gasteiger partial charge is 0.516 e. The number of carbonyl (C=O) groups is 2. The predicted molar refractivity (Wildman–Crippen MR) is 101 cm³/mol. The smallest absolute Gasteiger partial charge is 0.325 e. The number of benzene rings is 2. The van der Waals surface area contributed by atoms with E-state index in [1.807, 2.05) is 63.5 Å². The molecule has 0 unspecified atom stereocenters. The van der Waals surface area contributed by atoms with Gasteiger partial charge in [0, 0.05) is 0 Å². The van der Waals surface area contributed by atoms with Crippen LogP contribution >= 0.6 is 0 Å². The molecule has 0 saturated heterocycles. The van der Waals surface area contributed by atoms with Crippen molar-refractivity contribution >= 4 is 39.3 Å². The molecule has 0 amide bonds.